The standard InChI is InChI=1S/C20H19N3O5/c1-3-17(13-6-4-12(2)5-7-13)21-18(24)11-22-19(25)15-9-8-14(23(27)28)10-16(15)20(22)26/h4-10,17H,3,11H2,1-2H3,(H,21,24)/t17-/m1/s1. The number of fused-ring (bicyclic) bond motifs is 1. The van der Waals surface area contributed by atoms with Gasteiger partial charge in [-0.2, -0.15) is 0 Å². The van der Waals surface area contributed by atoms with Crippen molar-refractivity contribution >= 4 is 23.4 Å². The van der Waals surface area contributed by atoms with Crippen LogP contribution in [0.4, 0.5) is 5.69 Å². The molecule has 1 N–H and O–H groups in total. The fraction of sp³-hybridized carbons (Fsp3) is 0.250. The van der Waals surface area contributed by atoms with Crippen LogP contribution in [-0.2, 0) is 4.79 Å². The fourth-order valence-corrected chi connectivity index (χ4v) is 3.14. The van der Waals surface area contributed by atoms with Gasteiger partial charge in [0.05, 0.1) is 22.1 Å². The van der Waals surface area contributed by atoms with E-state index in [2.05, 4.69) is 5.32 Å². The van der Waals surface area contributed by atoms with E-state index in [-0.39, 0.29) is 22.9 Å². The molecule has 0 radical (unpaired) electrons. The molecule has 2 aromatic rings. The number of benzene rings is 2. The van der Waals surface area contributed by atoms with Crippen LogP contribution in [0.1, 0.15) is 51.2 Å². The first-order valence-electron chi connectivity index (χ1n) is 8.82. The molecule has 3 rings (SSSR count). The zero-order chi connectivity index (χ0) is 20.4. The Morgan fingerprint density at radius 1 is 1.11 bits per heavy atom. The summed E-state index contributed by atoms with van der Waals surface area (Å²) in [4.78, 5) is 48.4. The number of amides is 3. The molecule has 2 aromatic carbocycles. The van der Waals surface area contributed by atoms with Crippen molar-refractivity contribution < 1.29 is 19.3 Å². The largest absolute Gasteiger partial charge is 0.348 e. The van der Waals surface area contributed by atoms with Crippen LogP contribution in [0.2, 0.25) is 0 Å². The first-order chi connectivity index (χ1) is 13.3. The minimum Gasteiger partial charge on any atom is -0.348 e. The fourth-order valence-electron chi connectivity index (χ4n) is 3.14. The summed E-state index contributed by atoms with van der Waals surface area (Å²) in [6.07, 6.45) is 0.642. The number of non-ortho nitro benzene ring substituents is 1. The predicted octanol–water partition coefficient (Wildman–Crippen LogP) is 2.77. The third kappa shape index (κ3) is 3.62. The van der Waals surface area contributed by atoms with Crippen LogP contribution in [0, 0.1) is 17.0 Å². The number of rotatable bonds is 6. The highest BCUT2D eigenvalue weighted by Gasteiger charge is 2.38. The number of aryl methyl sites for hydroxylation is 1. The molecule has 1 aliphatic heterocycles. The van der Waals surface area contributed by atoms with Crippen LogP contribution in [-0.4, -0.2) is 34.1 Å². The smallest absolute Gasteiger partial charge is 0.270 e. The predicted molar refractivity (Wildman–Crippen MR) is 101 cm³/mol. The molecule has 8 heteroatoms. The Morgan fingerprint density at radius 2 is 1.75 bits per heavy atom. The highest BCUT2D eigenvalue weighted by molar-refractivity contribution is 6.22. The average molecular weight is 381 g/mol. The minimum atomic E-state index is -0.706. The Bertz CT molecular complexity index is 968. The first-order valence-corrected chi connectivity index (χ1v) is 8.82. The minimum absolute atomic E-state index is 0.0578. The highest BCUT2D eigenvalue weighted by Crippen LogP contribution is 2.26. The molecule has 0 unspecified atom stereocenters. The van der Waals surface area contributed by atoms with Crippen molar-refractivity contribution in [3.8, 4) is 0 Å². The maximum Gasteiger partial charge on any atom is 0.270 e. The highest BCUT2D eigenvalue weighted by atomic mass is 16.6. The molecule has 0 bridgehead atoms. The van der Waals surface area contributed by atoms with Crippen molar-refractivity contribution in [1.82, 2.24) is 10.2 Å². The van der Waals surface area contributed by atoms with Crippen molar-refractivity contribution in [2.45, 2.75) is 26.3 Å². The van der Waals surface area contributed by atoms with Gasteiger partial charge < -0.3 is 5.32 Å². The number of nitro benzene ring substituents is 1. The summed E-state index contributed by atoms with van der Waals surface area (Å²) in [5, 5.41) is 13.7. The van der Waals surface area contributed by atoms with Gasteiger partial charge in [-0.15, -0.1) is 0 Å². The van der Waals surface area contributed by atoms with Crippen molar-refractivity contribution in [3.63, 3.8) is 0 Å². The van der Waals surface area contributed by atoms with Gasteiger partial charge in [0.2, 0.25) is 5.91 Å². The van der Waals surface area contributed by atoms with Crippen LogP contribution >= 0.6 is 0 Å². The van der Waals surface area contributed by atoms with Gasteiger partial charge >= 0.3 is 0 Å². The molecule has 8 nitrogen and oxygen atoms in total. The van der Waals surface area contributed by atoms with Crippen LogP contribution in [0.15, 0.2) is 42.5 Å². The lowest BCUT2D eigenvalue weighted by Crippen LogP contribution is -2.41. The van der Waals surface area contributed by atoms with Crippen molar-refractivity contribution in [1.29, 1.82) is 0 Å². The number of carbonyl (C=O) groups excluding carboxylic acids is 3. The summed E-state index contributed by atoms with van der Waals surface area (Å²) >= 11 is 0. The normalized spacial score (nSPS) is 14.0. The molecule has 0 spiro atoms. The van der Waals surface area contributed by atoms with Crippen LogP contribution < -0.4 is 5.32 Å². The zero-order valence-electron chi connectivity index (χ0n) is 15.5. The molecule has 144 valence electrons. The zero-order valence-corrected chi connectivity index (χ0v) is 15.5. The van der Waals surface area contributed by atoms with Gasteiger partial charge in [-0.25, -0.2) is 0 Å². The van der Waals surface area contributed by atoms with E-state index in [9.17, 15) is 24.5 Å². The van der Waals surface area contributed by atoms with E-state index in [1.807, 2.05) is 38.1 Å². The lowest BCUT2D eigenvalue weighted by atomic mass is 10.0. The molecular weight excluding hydrogens is 362 g/mol. The van der Waals surface area contributed by atoms with E-state index >= 15 is 0 Å². The van der Waals surface area contributed by atoms with E-state index in [1.165, 1.54) is 6.07 Å². The molecule has 1 aliphatic rings. The Labute approximate surface area is 161 Å². The second kappa shape index (κ2) is 7.59. The monoisotopic (exact) mass is 381 g/mol. The topological polar surface area (TPSA) is 110 Å². The van der Waals surface area contributed by atoms with E-state index < -0.39 is 29.2 Å². The quantitative estimate of drug-likeness (QED) is 0.470. The molecule has 1 atom stereocenters. The van der Waals surface area contributed by atoms with Gasteiger partial charge in [0, 0.05) is 12.1 Å². The van der Waals surface area contributed by atoms with Crippen molar-refractivity contribution in [3.05, 3.63) is 74.8 Å². The summed E-state index contributed by atoms with van der Waals surface area (Å²) in [5.74, 6) is -1.81. The van der Waals surface area contributed by atoms with Crippen molar-refractivity contribution in [2.24, 2.45) is 0 Å². The number of carbonyl (C=O) groups is 3. The Balaban J connectivity index is 1.73. The lowest BCUT2D eigenvalue weighted by molar-refractivity contribution is -0.384. The van der Waals surface area contributed by atoms with Crippen LogP contribution in [0.25, 0.3) is 0 Å². The van der Waals surface area contributed by atoms with Crippen LogP contribution in [0.5, 0.6) is 0 Å². The molecular formula is C20H19N3O5. The van der Waals surface area contributed by atoms with E-state index in [4.69, 9.17) is 0 Å². The third-order valence-electron chi connectivity index (χ3n) is 4.69. The second-order valence-corrected chi connectivity index (χ2v) is 6.62. The summed E-state index contributed by atoms with van der Waals surface area (Å²) in [5.41, 5.74) is 1.76. The molecule has 3 amide bonds. The number of nitro groups is 1. The second-order valence-electron chi connectivity index (χ2n) is 6.62. The molecule has 1 heterocycles. The maximum absolute atomic E-state index is 12.5. The van der Waals surface area contributed by atoms with Gasteiger partial charge in [-0.05, 0) is 25.0 Å². The lowest BCUT2D eigenvalue weighted by Gasteiger charge is -2.20. The molecule has 0 saturated carbocycles. The van der Waals surface area contributed by atoms with Crippen LogP contribution in [0.3, 0.4) is 0 Å². The molecule has 0 saturated heterocycles. The molecule has 0 aromatic heterocycles. The van der Waals surface area contributed by atoms with Gasteiger partial charge in [0.1, 0.15) is 6.54 Å². The van der Waals surface area contributed by atoms with Gasteiger partial charge in [-0.3, -0.25) is 29.4 Å². The summed E-state index contributed by atoms with van der Waals surface area (Å²) in [6.45, 7) is 3.45. The van der Waals surface area contributed by atoms with E-state index in [1.54, 1.807) is 0 Å². The molecule has 0 aliphatic carbocycles. The number of nitrogens with one attached hydrogen (secondary N) is 1. The Hall–Kier alpha value is -3.55. The molecule has 28 heavy (non-hydrogen) atoms. The van der Waals surface area contributed by atoms with E-state index in [0.29, 0.717) is 6.42 Å². The summed E-state index contributed by atoms with van der Waals surface area (Å²) < 4.78 is 0. The molecule has 0 fully saturated rings. The number of nitrogens with zero attached hydrogens (tertiary/aromatic N) is 2. The maximum atomic E-state index is 12.5. The van der Waals surface area contributed by atoms with Gasteiger partial charge in [-0.1, -0.05) is 36.8 Å². The third-order valence-corrected chi connectivity index (χ3v) is 4.69. The summed E-state index contributed by atoms with van der Waals surface area (Å²) in [6, 6.07) is 11.0. The average Bonchev–Trinajstić information content (AvgIpc) is 2.91. The summed E-state index contributed by atoms with van der Waals surface area (Å²) in [7, 11) is 0. The van der Waals surface area contributed by atoms with Gasteiger partial charge in [0.25, 0.3) is 17.5 Å². The number of hydrogen-bond acceptors (Lipinski definition) is 5. The number of hydrogen-bond donors (Lipinski definition) is 1. The SMILES string of the molecule is CC[C@@H](NC(=O)CN1C(=O)c2ccc([N+](=O)[O-])cc2C1=O)c1ccc(C)cc1. The Morgan fingerprint density at radius 3 is 2.36 bits per heavy atom. The van der Waals surface area contributed by atoms with Gasteiger partial charge in [0.15, 0.2) is 0 Å². The number of imide groups is 1. The van der Waals surface area contributed by atoms with E-state index in [0.717, 1.165) is 28.2 Å². The van der Waals surface area contributed by atoms with Crippen molar-refractivity contribution in [2.75, 3.05) is 6.54 Å². The Kier molecular flexibility index (Phi) is 5.21. The first kappa shape index (κ1) is 19.2.